The molecule has 124 valence electrons. The first kappa shape index (κ1) is 17.8. The lowest BCUT2D eigenvalue weighted by Gasteiger charge is -2.07. The fraction of sp³-hybridized carbons (Fsp3) is 0.438. The van der Waals surface area contributed by atoms with Gasteiger partial charge in [0.1, 0.15) is 0 Å². The predicted molar refractivity (Wildman–Crippen MR) is 92.7 cm³/mol. The van der Waals surface area contributed by atoms with Gasteiger partial charge in [-0.3, -0.25) is 4.79 Å². The topological polar surface area (TPSA) is 57.0 Å². The quantitative estimate of drug-likeness (QED) is 0.407. The minimum atomic E-state index is -0.220. The Kier molecular flexibility index (Phi) is 6.92. The molecule has 0 bridgehead atoms. The summed E-state index contributed by atoms with van der Waals surface area (Å²) in [5.41, 5.74) is 0.945. The summed E-state index contributed by atoms with van der Waals surface area (Å²) in [4.78, 5) is 11.7. The van der Waals surface area contributed by atoms with Crippen molar-refractivity contribution < 1.29 is 9.53 Å². The predicted octanol–water partition coefficient (Wildman–Crippen LogP) is 4.05. The van der Waals surface area contributed by atoms with Gasteiger partial charge in [0.05, 0.1) is 12.4 Å². The number of carbonyl (C=O) groups excluding carboxylic acids is 1. The molecule has 0 radical (unpaired) electrons. The van der Waals surface area contributed by atoms with Crippen LogP contribution in [0.2, 0.25) is 5.02 Å². The van der Waals surface area contributed by atoms with Gasteiger partial charge in [-0.25, -0.2) is 0 Å². The van der Waals surface area contributed by atoms with Crippen molar-refractivity contribution in [3.63, 3.8) is 0 Å². The van der Waals surface area contributed by atoms with Crippen molar-refractivity contribution in [1.29, 1.82) is 0 Å². The Hall–Kier alpha value is -1.53. The first-order valence-corrected chi connectivity index (χ1v) is 8.99. The van der Waals surface area contributed by atoms with E-state index in [0.29, 0.717) is 16.8 Å². The molecule has 0 fully saturated rings. The number of carbonyl (C=O) groups is 1. The van der Waals surface area contributed by atoms with Gasteiger partial charge in [-0.2, -0.15) is 0 Å². The maximum atomic E-state index is 11.7. The third kappa shape index (κ3) is 4.97. The van der Waals surface area contributed by atoms with E-state index in [2.05, 4.69) is 17.1 Å². The average Bonchev–Trinajstić information content (AvgIpc) is 2.97. The van der Waals surface area contributed by atoms with E-state index in [1.807, 2.05) is 35.8 Å². The second-order valence-electron chi connectivity index (χ2n) is 4.92. The van der Waals surface area contributed by atoms with Gasteiger partial charge < -0.3 is 9.30 Å². The molecule has 0 unspecified atom stereocenters. The van der Waals surface area contributed by atoms with Crippen LogP contribution in [0, 0.1) is 0 Å². The molecule has 2 rings (SSSR count). The van der Waals surface area contributed by atoms with Crippen LogP contribution in [0.5, 0.6) is 0 Å². The minimum absolute atomic E-state index is 0.220. The van der Waals surface area contributed by atoms with E-state index in [1.165, 1.54) is 11.8 Å². The van der Waals surface area contributed by atoms with Crippen molar-refractivity contribution in [3.05, 3.63) is 29.3 Å². The second kappa shape index (κ2) is 8.93. The third-order valence-corrected chi connectivity index (χ3v) is 4.41. The van der Waals surface area contributed by atoms with Crippen LogP contribution in [0.15, 0.2) is 29.4 Å². The number of halogens is 1. The van der Waals surface area contributed by atoms with Crippen molar-refractivity contribution in [2.45, 2.75) is 38.4 Å². The zero-order chi connectivity index (χ0) is 16.7. The molecule has 0 N–H and O–H groups in total. The molecule has 0 aliphatic heterocycles. The highest BCUT2D eigenvalue weighted by Crippen LogP contribution is 2.25. The lowest BCUT2D eigenvalue weighted by molar-refractivity contribution is -0.140. The molecule has 23 heavy (non-hydrogen) atoms. The summed E-state index contributed by atoms with van der Waals surface area (Å²) in [5.74, 6) is 0.788. The van der Waals surface area contributed by atoms with Gasteiger partial charge in [-0.1, -0.05) is 36.7 Å². The summed E-state index contributed by atoms with van der Waals surface area (Å²) in [6.07, 6.45) is 1.90. The number of benzene rings is 1. The SMILES string of the molecule is CCCCOC(=O)CSc1nnc(-c2ccc(Cl)cc2)n1CC. The van der Waals surface area contributed by atoms with E-state index in [-0.39, 0.29) is 11.7 Å². The fourth-order valence-electron chi connectivity index (χ4n) is 1.99. The number of aromatic nitrogens is 3. The highest BCUT2D eigenvalue weighted by molar-refractivity contribution is 7.99. The monoisotopic (exact) mass is 353 g/mol. The number of hydrogen-bond donors (Lipinski definition) is 0. The Bertz CT molecular complexity index is 643. The molecule has 1 aromatic heterocycles. The molecule has 0 saturated heterocycles. The molecule has 7 heteroatoms. The number of thioether (sulfide) groups is 1. The van der Waals surface area contributed by atoms with Crippen molar-refractivity contribution in [3.8, 4) is 11.4 Å². The lowest BCUT2D eigenvalue weighted by Crippen LogP contribution is -2.09. The van der Waals surface area contributed by atoms with Crippen molar-refractivity contribution in [2.24, 2.45) is 0 Å². The molecule has 0 aliphatic rings. The highest BCUT2D eigenvalue weighted by Gasteiger charge is 2.14. The molecule has 1 heterocycles. The van der Waals surface area contributed by atoms with Crippen LogP contribution in [-0.4, -0.2) is 33.1 Å². The number of esters is 1. The van der Waals surface area contributed by atoms with Gasteiger partial charge in [-0.15, -0.1) is 10.2 Å². The maximum absolute atomic E-state index is 11.7. The standard InChI is InChI=1S/C16H20ClN3O2S/c1-3-5-10-22-14(21)11-23-16-19-18-15(20(16)4-2)12-6-8-13(17)9-7-12/h6-9H,3-5,10-11H2,1-2H3. The van der Waals surface area contributed by atoms with Gasteiger partial charge in [-0.05, 0) is 37.6 Å². The second-order valence-corrected chi connectivity index (χ2v) is 6.30. The Labute approximate surface area is 145 Å². The van der Waals surface area contributed by atoms with E-state index in [1.54, 1.807) is 0 Å². The van der Waals surface area contributed by atoms with Crippen LogP contribution in [0.1, 0.15) is 26.7 Å². The van der Waals surface area contributed by atoms with Gasteiger partial charge >= 0.3 is 5.97 Å². The average molecular weight is 354 g/mol. The smallest absolute Gasteiger partial charge is 0.316 e. The third-order valence-electron chi connectivity index (χ3n) is 3.22. The zero-order valence-electron chi connectivity index (χ0n) is 13.3. The molecule has 0 aliphatic carbocycles. The van der Waals surface area contributed by atoms with E-state index >= 15 is 0 Å². The van der Waals surface area contributed by atoms with Crippen LogP contribution in [0.3, 0.4) is 0 Å². The largest absolute Gasteiger partial charge is 0.465 e. The van der Waals surface area contributed by atoms with Gasteiger partial charge in [0.2, 0.25) is 0 Å². The van der Waals surface area contributed by atoms with E-state index < -0.39 is 0 Å². The van der Waals surface area contributed by atoms with Crippen LogP contribution in [-0.2, 0) is 16.1 Å². The summed E-state index contributed by atoms with van der Waals surface area (Å²) in [7, 11) is 0. The molecule has 0 spiro atoms. The number of rotatable bonds is 8. The summed E-state index contributed by atoms with van der Waals surface area (Å²) in [6, 6.07) is 7.46. The minimum Gasteiger partial charge on any atom is -0.465 e. The first-order valence-electron chi connectivity index (χ1n) is 7.63. The molecular formula is C16H20ClN3O2S. The molecule has 1 aromatic carbocycles. The molecule has 0 atom stereocenters. The van der Waals surface area contributed by atoms with Crippen LogP contribution < -0.4 is 0 Å². The first-order chi connectivity index (χ1) is 11.2. The number of ether oxygens (including phenoxy) is 1. The summed E-state index contributed by atoms with van der Waals surface area (Å²) < 4.78 is 7.13. The zero-order valence-corrected chi connectivity index (χ0v) is 14.9. The van der Waals surface area contributed by atoms with Gasteiger partial charge in [0, 0.05) is 17.1 Å². The number of hydrogen-bond acceptors (Lipinski definition) is 5. The molecule has 5 nitrogen and oxygen atoms in total. The van der Waals surface area contributed by atoms with E-state index in [0.717, 1.165) is 30.8 Å². The molecule has 0 saturated carbocycles. The van der Waals surface area contributed by atoms with Crippen LogP contribution >= 0.6 is 23.4 Å². The summed E-state index contributed by atoms with van der Waals surface area (Å²) in [6.45, 7) is 5.28. The fourth-order valence-corrected chi connectivity index (χ4v) is 2.91. The highest BCUT2D eigenvalue weighted by atomic mass is 35.5. The van der Waals surface area contributed by atoms with Gasteiger partial charge in [0.15, 0.2) is 11.0 Å². The van der Waals surface area contributed by atoms with E-state index in [4.69, 9.17) is 16.3 Å². The van der Waals surface area contributed by atoms with Crippen LogP contribution in [0.4, 0.5) is 0 Å². The molecule has 0 amide bonds. The summed E-state index contributed by atoms with van der Waals surface area (Å²) >= 11 is 7.26. The van der Waals surface area contributed by atoms with Crippen molar-refractivity contribution >= 4 is 29.3 Å². The van der Waals surface area contributed by atoms with E-state index in [9.17, 15) is 4.79 Å². The molecular weight excluding hydrogens is 334 g/mol. The Morgan fingerprint density at radius 2 is 2.00 bits per heavy atom. The Morgan fingerprint density at radius 1 is 1.26 bits per heavy atom. The van der Waals surface area contributed by atoms with Crippen molar-refractivity contribution in [2.75, 3.05) is 12.4 Å². The van der Waals surface area contributed by atoms with Crippen molar-refractivity contribution in [1.82, 2.24) is 14.8 Å². The number of unbranched alkanes of at least 4 members (excludes halogenated alkanes) is 1. The van der Waals surface area contributed by atoms with Crippen LogP contribution in [0.25, 0.3) is 11.4 Å². The normalized spacial score (nSPS) is 10.7. The summed E-state index contributed by atoms with van der Waals surface area (Å²) in [5, 5.41) is 9.82. The number of nitrogens with zero attached hydrogens (tertiary/aromatic N) is 3. The molecule has 2 aromatic rings. The Balaban J connectivity index is 2.03. The lowest BCUT2D eigenvalue weighted by atomic mass is 10.2. The maximum Gasteiger partial charge on any atom is 0.316 e. The van der Waals surface area contributed by atoms with Gasteiger partial charge in [0.25, 0.3) is 0 Å². The Morgan fingerprint density at radius 3 is 2.65 bits per heavy atom.